The van der Waals surface area contributed by atoms with E-state index in [2.05, 4.69) is 5.32 Å². The Morgan fingerprint density at radius 1 is 1.30 bits per heavy atom. The first-order chi connectivity index (χ1) is 9.31. The maximum absolute atomic E-state index is 13.6. The van der Waals surface area contributed by atoms with E-state index in [1.807, 2.05) is 0 Å². The van der Waals surface area contributed by atoms with E-state index in [-0.39, 0.29) is 6.54 Å². The van der Waals surface area contributed by atoms with Gasteiger partial charge in [-0.3, -0.25) is 4.79 Å². The third-order valence-corrected chi connectivity index (χ3v) is 3.50. The number of rotatable bonds is 5. The zero-order chi connectivity index (χ0) is 15.5. The Morgan fingerprint density at radius 2 is 1.85 bits per heavy atom. The van der Waals surface area contributed by atoms with E-state index >= 15 is 0 Å². The molecule has 0 aromatic heterocycles. The first-order valence-corrected chi connectivity index (χ1v) is 6.21. The van der Waals surface area contributed by atoms with Crippen LogP contribution in [0.15, 0.2) is 6.07 Å². The van der Waals surface area contributed by atoms with Gasteiger partial charge in [0.25, 0.3) is 5.91 Å². The van der Waals surface area contributed by atoms with Gasteiger partial charge in [0, 0.05) is 6.54 Å². The van der Waals surface area contributed by atoms with E-state index in [4.69, 9.17) is 10.8 Å². The highest BCUT2D eigenvalue weighted by Gasteiger charge is 2.30. The molecule has 112 valence electrons. The number of hydrogen-bond donors (Lipinski definition) is 3. The van der Waals surface area contributed by atoms with Gasteiger partial charge >= 0.3 is 0 Å². The van der Waals surface area contributed by atoms with Crippen LogP contribution in [0.1, 0.15) is 37.0 Å². The van der Waals surface area contributed by atoms with Crippen LogP contribution in [0, 0.1) is 17.5 Å². The predicted molar refractivity (Wildman–Crippen MR) is 67.8 cm³/mol. The number of carbonyl (C=O) groups is 1. The maximum atomic E-state index is 13.6. The number of phenols is 1. The quantitative estimate of drug-likeness (QED) is 0.727. The van der Waals surface area contributed by atoms with Crippen LogP contribution in [-0.4, -0.2) is 23.1 Å². The van der Waals surface area contributed by atoms with Crippen molar-refractivity contribution >= 4 is 5.91 Å². The largest absolute Gasteiger partial charge is 0.503 e. The van der Waals surface area contributed by atoms with Gasteiger partial charge in [-0.25, -0.2) is 8.78 Å². The van der Waals surface area contributed by atoms with Crippen molar-refractivity contribution < 1.29 is 23.1 Å². The molecule has 7 heteroatoms. The summed E-state index contributed by atoms with van der Waals surface area (Å²) < 4.78 is 39.7. The molecule has 0 radical (unpaired) electrons. The Morgan fingerprint density at radius 3 is 2.30 bits per heavy atom. The molecule has 1 aromatic rings. The van der Waals surface area contributed by atoms with Crippen molar-refractivity contribution in [3.8, 4) is 5.75 Å². The van der Waals surface area contributed by atoms with E-state index in [0.29, 0.717) is 18.9 Å². The Bertz CT molecular complexity index is 509. The summed E-state index contributed by atoms with van der Waals surface area (Å²) in [5.41, 5.74) is 4.06. The van der Waals surface area contributed by atoms with Crippen molar-refractivity contribution in [2.75, 3.05) is 6.54 Å². The number of halogens is 3. The topological polar surface area (TPSA) is 75.3 Å². The number of phenolic OH excluding ortho intramolecular Hbond substituents is 1. The summed E-state index contributed by atoms with van der Waals surface area (Å²) in [7, 11) is 0. The fourth-order valence-corrected chi connectivity index (χ4v) is 1.83. The van der Waals surface area contributed by atoms with Crippen LogP contribution < -0.4 is 11.1 Å². The van der Waals surface area contributed by atoms with Gasteiger partial charge in [0.05, 0.1) is 11.1 Å². The second-order valence-corrected chi connectivity index (χ2v) is 4.53. The third kappa shape index (κ3) is 2.87. The molecular formula is C13H17F3N2O2. The minimum Gasteiger partial charge on any atom is -0.503 e. The number of carbonyl (C=O) groups excluding carboxylic acids is 1. The molecule has 20 heavy (non-hydrogen) atoms. The SMILES string of the molecule is CCC(CC)(CN)NC(=O)c1cc(F)c(F)c(O)c1F. The molecule has 1 rings (SSSR count). The van der Waals surface area contributed by atoms with Gasteiger partial charge in [0.1, 0.15) is 0 Å². The highest BCUT2D eigenvalue weighted by molar-refractivity contribution is 5.95. The highest BCUT2D eigenvalue weighted by Crippen LogP contribution is 2.26. The van der Waals surface area contributed by atoms with Gasteiger partial charge in [0.2, 0.25) is 5.82 Å². The molecule has 0 atom stereocenters. The molecule has 4 N–H and O–H groups in total. The summed E-state index contributed by atoms with van der Waals surface area (Å²) in [6.45, 7) is 3.69. The minimum absolute atomic E-state index is 0.114. The van der Waals surface area contributed by atoms with Crippen molar-refractivity contribution in [2.45, 2.75) is 32.2 Å². The zero-order valence-corrected chi connectivity index (χ0v) is 11.3. The standard InChI is InChI=1S/C13H17F3N2O2/c1-3-13(4-2,6-17)18-12(20)7-5-8(14)10(16)11(19)9(7)15/h5,19H,3-4,6,17H2,1-2H3,(H,18,20). The Kier molecular flexibility index (Phi) is 4.99. The maximum Gasteiger partial charge on any atom is 0.254 e. The Hall–Kier alpha value is -1.76. The predicted octanol–water partition coefficient (Wildman–Crippen LogP) is 2.06. The lowest BCUT2D eigenvalue weighted by atomic mass is 9.92. The zero-order valence-electron chi connectivity index (χ0n) is 11.3. The van der Waals surface area contributed by atoms with Crippen LogP contribution in [0.25, 0.3) is 0 Å². The molecule has 0 heterocycles. The molecule has 0 fully saturated rings. The minimum atomic E-state index is -1.73. The van der Waals surface area contributed by atoms with Gasteiger partial charge in [-0.1, -0.05) is 13.8 Å². The molecule has 0 saturated heterocycles. The van der Waals surface area contributed by atoms with Crippen molar-refractivity contribution in [1.29, 1.82) is 0 Å². The van der Waals surface area contributed by atoms with Crippen molar-refractivity contribution in [3.63, 3.8) is 0 Å². The number of aromatic hydroxyl groups is 1. The lowest BCUT2D eigenvalue weighted by molar-refractivity contribution is 0.0889. The monoisotopic (exact) mass is 290 g/mol. The number of nitrogens with one attached hydrogen (secondary N) is 1. The van der Waals surface area contributed by atoms with Gasteiger partial charge in [-0.2, -0.15) is 4.39 Å². The van der Waals surface area contributed by atoms with E-state index in [1.165, 1.54) is 0 Å². The van der Waals surface area contributed by atoms with Crippen molar-refractivity contribution in [2.24, 2.45) is 5.73 Å². The molecule has 0 saturated carbocycles. The van der Waals surface area contributed by atoms with Gasteiger partial charge < -0.3 is 16.2 Å². The van der Waals surface area contributed by atoms with E-state index in [9.17, 15) is 18.0 Å². The van der Waals surface area contributed by atoms with Crippen LogP contribution in [0.2, 0.25) is 0 Å². The van der Waals surface area contributed by atoms with Crippen LogP contribution in [0.5, 0.6) is 5.75 Å². The molecular weight excluding hydrogens is 273 g/mol. The van der Waals surface area contributed by atoms with Gasteiger partial charge in [-0.15, -0.1) is 0 Å². The molecule has 1 amide bonds. The van der Waals surface area contributed by atoms with Crippen LogP contribution in [-0.2, 0) is 0 Å². The molecule has 0 aliphatic rings. The molecule has 0 unspecified atom stereocenters. The summed E-state index contributed by atoms with van der Waals surface area (Å²) >= 11 is 0. The first kappa shape index (κ1) is 16.3. The number of nitrogens with two attached hydrogens (primary N) is 1. The summed E-state index contributed by atoms with van der Waals surface area (Å²) in [5.74, 6) is -7.19. The number of hydrogen-bond acceptors (Lipinski definition) is 3. The first-order valence-electron chi connectivity index (χ1n) is 6.21. The lowest BCUT2D eigenvalue weighted by Gasteiger charge is -2.31. The van der Waals surface area contributed by atoms with E-state index in [0.717, 1.165) is 0 Å². The van der Waals surface area contributed by atoms with Crippen molar-refractivity contribution in [3.05, 3.63) is 29.1 Å². The van der Waals surface area contributed by atoms with Crippen LogP contribution >= 0.6 is 0 Å². The van der Waals surface area contributed by atoms with Gasteiger partial charge in [-0.05, 0) is 18.9 Å². The molecule has 0 aliphatic heterocycles. The second-order valence-electron chi connectivity index (χ2n) is 4.53. The lowest BCUT2D eigenvalue weighted by Crippen LogP contribution is -2.53. The molecule has 0 spiro atoms. The smallest absolute Gasteiger partial charge is 0.254 e. The normalized spacial score (nSPS) is 11.5. The molecule has 1 aromatic carbocycles. The average Bonchev–Trinajstić information content (AvgIpc) is 2.46. The second kappa shape index (κ2) is 6.13. The fourth-order valence-electron chi connectivity index (χ4n) is 1.83. The van der Waals surface area contributed by atoms with E-state index in [1.54, 1.807) is 13.8 Å². The summed E-state index contributed by atoms with van der Waals surface area (Å²) in [4.78, 5) is 12.0. The Balaban J connectivity index is 3.17. The molecule has 0 bridgehead atoms. The van der Waals surface area contributed by atoms with Crippen molar-refractivity contribution in [1.82, 2.24) is 5.32 Å². The fraction of sp³-hybridized carbons (Fsp3) is 0.462. The number of amides is 1. The summed E-state index contributed by atoms with van der Waals surface area (Å²) in [5, 5.41) is 11.6. The third-order valence-electron chi connectivity index (χ3n) is 3.50. The summed E-state index contributed by atoms with van der Waals surface area (Å²) in [6, 6.07) is 0.409. The molecule has 4 nitrogen and oxygen atoms in total. The van der Waals surface area contributed by atoms with Gasteiger partial charge in [0.15, 0.2) is 17.4 Å². The van der Waals surface area contributed by atoms with Crippen LogP contribution in [0.3, 0.4) is 0 Å². The van der Waals surface area contributed by atoms with E-state index < -0.39 is 40.2 Å². The Labute approximate surface area is 114 Å². The average molecular weight is 290 g/mol. The summed E-state index contributed by atoms with van der Waals surface area (Å²) in [6.07, 6.45) is 0.978. The molecule has 0 aliphatic carbocycles. The number of benzene rings is 1. The highest BCUT2D eigenvalue weighted by atomic mass is 19.2. The van der Waals surface area contributed by atoms with Crippen LogP contribution in [0.4, 0.5) is 13.2 Å².